The number of carbonyl (C=O) groups is 1. The zero-order valence-electron chi connectivity index (χ0n) is 9.04. The molecule has 0 amide bonds. The van der Waals surface area contributed by atoms with Gasteiger partial charge in [0, 0.05) is 10.9 Å². The maximum Gasteiger partial charge on any atom is 0.339 e. The number of nitrogens with one attached hydrogen (secondary N) is 1. The fourth-order valence-electron chi connectivity index (χ4n) is 1.74. The summed E-state index contributed by atoms with van der Waals surface area (Å²) in [7, 11) is 0. The van der Waals surface area contributed by atoms with Crippen LogP contribution < -0.4 is 0 Å². The molecule has 0 radical (unpaired) electrons. The molecule has 0 saturated heterocycles. The number of carboxylic acid groups (broad SMARTS) is 1. The SMILES string of the molecule is CC(C)c1ccc2[nH]c(Cl)c(C(=O)O)c2c1. The lowest BCUT2D eigenvalue weighted by Gasteiger charge is -2.04. The third kappa shape index (κ3) is 1.67. The lowest BCUT2D eigenvalue weighted by molar-refractivity contribution is 0.0699. The number of hydrogen-bond acceptors (Lipinski definition) is 1. The van der Waals surface area contributed by atoms with E-state index in [1.54, 1.807) is 0 Å². The van der Waals surface area contributed by atoms with Crippen LogP contribution in [0, 0.1) is 0 Å². The Morgan fingerprint density at radius 3 is 2.69 bits per heavy atom. The second-order valence-corrected chi connectivity index (χ2v) is 4.46. The fourth-order valence-corrected chi connectivity index (χ4v) is 2.03. The molecule has 4 heteroatoms. The molecule has 0 unspecified atom stereocenters. The molecule has 0 aliphatic carbocycles. The molecule has 0 spiro atoms. The van der Waals surface area contributed by atoms with Crippen LogP contribution in [0.5, 0.6) is 0 Å². The minimum Gasteiger partial charge on any atom is -0.478 e. The van der Waals surface area contributed by atoms with Crippen LogP contribution in [0.25, 0.3) is 10.9 Å². The van der Waals surface area contributed by atoms with E-state index in [-0.39, 0.29) is 10.7 Å². The minimum absolute atomic E-state index is 0.152. The van der Waals surface area contributed by atoms with Crippen molar-refractivity contribution < 1.29 is 9.90 Å². The van der Waals surface area contributed by atoms with E-state index in [0.29, 0.717) is 11.3 Å². The highest BCUT2D eigenvalue weighted by atomic mass is 35.5. The lowest BCUT2D eigenvalue weighted by atomic mass is 10.0. The van der Waals surface area contributed by atoms with E-state index in [0.717, 1.165) is 11.1 Å². The summed E-state index contributed by atoms with van der Waals surface area (Å²) in [6.45, 7) is 4.13. The van der Waals surface area contributed by atoms with Gasteiger partial charge in [0.25, 0.3) is 0 Å². The molecule has 0 aliphatic rings. The molecule has 1 heterocycles. The summed E-state index contributed by atoms with van der Waals surface area (Å²) in [4.78, 5) is 13.9. The Bertz CT molecular complexity index is 557. The van der Waals surface area contributed by atoms with Crippen molar-refractivity contribution in [2.75, 3.05) is 0 Å². The monoisotopic (exact) mass is 237 g/mol. The van der Waals surface area contributed by atoms with Crippen LogP contribution in [0.3, 0.4) is 0 Å². The van der Waals surface area contributed by atoms with Gasteiger partial charge < -0.3 is 10.1 Å². The molecule has 1 aromatic carbocycles. The van der Waals surface area contributed by atoms with E-state index in [1.165, 1.54) is 0 Å². The van der Waals surface area contributed by atoms with Gasteiger partial charge in [-0.2, -0.15) is 0 Å². The van der Waals surface area contributed by atoms with Crippen LogP contribution in [-0.4, -0.2) is 16.1 Å². The van der Waals surface area contributed by atoms with Gasteiger partial charge in [-0.25, -0.2) is 4.79 Å². The van der Waals surface area contributed by atoms with Crippen LogP contribution in [0.2, 0.25) is 5.15 Å². The van der Waals surface area contributed by atoms with Crippen molar-refractivity contribution in [3.8, 4) is 0 Å². The lowest BCUT2D eigenvalue weighted by Crippen LogP contribution is -1.95. The van der Waals surface area contributed by atoms with Crippen LogP contribution in [-0.2, 0) is 0 Å². The normalized spacial score (nSPS) is 11.2. The van der Waals surface area contributed by atoms with Gasteiger partial charge in [-0.05, 0) is 23.6 Å². The van der Waals surface area contributed by atoms with E-state index in [4.69, 9.17) is 16.7 Å². The highest BCUT2D eigenvalue weighted by molar-refractivity contribution is 6.34. The van der Waals surface area contributed by atoms with Gasteiger partial charge in [0.1, 0.15) is 10.7 Å². The molecule has 0 atom stereocenters. The van der Waals surface area contributed by atoms with Gasteiger partial charge >= 0.3 is 5.97 Å². The first kappa shape index (κ1) is 11.0. The fraction of sp³-hybridized carbons (Fsp3) is 0.250. The number of aromatic carboxylic acids is 1. The molecule has 2 rings (SSSR count). The Labute approximate surface area is 98.0 Å². The second kappa shape index (κ2) is 3.83. The molecule has 2 N–H and O–H groups in total. The number of aromatic amines is 1. The van der Waals surface area contributed by atoms with Crippen molar-refractivity contribution in [2.45, 2.75) is 19.8 Å². The Morgan fingerprint density at radius 2 is 2.12 bits per heavy atom. The summed E-state index contributed by atoms with van der Waals surface area (Å²) in [5.41, 5.74) is 2.01. The van der Waals surface area contributed by atoms with Gasteiger partial charge in [-0.15, -0.1) is 0 Å². The van der Waals surface area contributed by atoms with Crippen molar-refractivity contribution >= 4 is 28.5 Å². The summed E-state index contributed by atoms with van der Waals surface area (Å²) in [6.07, 6.45) is 0. The van der Waals surface area contributed by atoms with Crippen LogP contribution in [0.15, 0.2) is 18.2 Å². The highest BCUT2D eigenvalue weighted by Crippen LogP contribution is 2.28. The smallest absolute Gasteiger partial charge is 0.339 e. The number of halogens is 1. The summed E-state index contributed by atoms with van der Waals surface area (Å²) >= 11 is 5.86. The first-order chi connectivity index (χ1) is 7.50. The van der Waals surface area contributed by atoms with E-state index in [1.807, 2.05) is 18.2 Å². The molecule has 0 aliphatic heterocycles. The maximum atomic E-state index is 11.1. The number of benzene rings is 1. The number of rotatable bonds is 2. The number of aromatic nitrogens is 1. The predicted molar refractivity (Wildman–Crippen MR) is 64.4 cm³/mol. The quantitative estimate of drug-likeness (QED) is 0.838. The first-order valence-corrected chi connectivity index (χ1v) is 5.43. The predicted octanol–water partition coefficient (Wildman–Crippen LogP) is 3.64. The summed E-state index contributed by atoms with van der Waals surface area (Å²) in [5.74, 6) is -0.642. The molecule has 84 valence electrons. The Morgan fingerprint density at radius 1 is 1.44 bits per heavy atom. The number of hydrogen-bond donors (Lipinski definition) is 2. The third-order valence-corrected chi connectivity index (χ3v) is 2.94. The van der Waals surface area contributed by atoms with Gasteiger partial charge in [0.05, 0.1) is 0 Å². The Kier molecular flexibility index (Phi) is 2.64. The van der Waals surface area contributed by atoms with Crippen molar-refractivity contribution in [2.24, 2.45) is 0 Å². The second-order valence-electron chi connectivity index (χ2n) is 4.08. The standard InChI is InChI=1S/C12H12ClNO2/c1-6(2)7-3-4-9-8(5-7)10(12(15)16)11(13)14-9/h3-6,14H,1-2H3,(H,15,16). The molecule has 2 aromatic rings. The Balaban J connectivity index is 2.74. The van der Waals surface area contributed by atoms with Crippen LogP contribution >= 0.6 is 11.6 Å². The third-order valence-electron chi connectivity index (χ3n) is 2.66. The van der Waals surface area contributed by atoms with Crippen molar-refractivity contribution in [3.05, 3.63) is 34.5 Å². The molecular formula is C12H12ClNO2. The average Bonchev–Trinajstić information content (AvgIpc) is 2.51. The van der Waals surface area contributed by atoms with E-state index in [2.05, 4.69) is 18.8 Å². The number of carboxylic acids is 1. The van der Waals surface area contributed by atoms with Crippen LogP contribution in [0.1, 0.15) is 35.7 Å². The first-order valence-electron chi connectivity index (χ1n) is 5.05. The van der Waals surface area contributed by atoms with E-state index < -0.39 is 5.97 Å². The van der Waals surface area contributed by atoms with Crippen LogP contribution in [0.4, 0.5) is 0 Å². The van der Waals surface area contributed by atoms with Crippen molar-refractivity contribution in [1.82, 2.24) is 4.98 Å². The largest absolute Gasteiger partial charge is 0.478 e. The topological polar surface area (TPSA) is 53.1 Å². The molecule has 1 aromatic heterocycles. The molecule has 3 nitrogen and oxygen atoms in total. The Hall–Kier alpha value is -1.48. The zero-order valence-corrected chi connectivity index (χ0v) is 9.80. The summed E-state index contributed by atoms with van der Waals surface area (Å²) in [5, 5.41) is 9.93. The molecule has 0 fully saturated rings. The summed E-state index contributed by atoms with van der Waals surface area (Å²) < 4.78 is 0. The number of fused-ring (bicyclic) bond motifs is 1. The molecule has 0 bridgehead atoms. The van der Waals surface area contributed by atoms with Crippen molar-refractivity contribution in [1.29, 1.82) is 0 Å². The average molecular weight is 238 g/mol. The molecular weight excluding hydrogens is 226 g/mol. The van der Waals surface area contributed by atoms with E-state index >= 15 is 0 Å². The molecule has 16 heavy (non-hydrogen) atoms. The summed E-state index contributed by atoms with van der Waals surface area (Å²) in [6, 6.07) is 5.72. The minimum atomic E-state index is -1.00. The zero-order chi connectivity index (χ0) is 11.9. The van der Waals surface area contributed by atoms with Gasteiger partial charge in [-0.1, -0.05) is 31.5 Å². The van der Waals surface area contributed by atoms with Gasteiger partial charge in [-0.3, -0.25) is 0 Å². The van der Waals surface area contributed by atoms with Gasteiger partial charge in [0.15, 0.2) is 0 Å². The highest BCUT2D eigenvalue weighted by Gasteiger charge is 2.16. The molecule has 0 saturated carbocycles. The van der Waals surface area contributed by atoms with E-state index in [9.17, 15) is 4.79 Å². The van der Waals surface area contributed by atoms with Crippen molar-refractivity contribution in [3.63, 3.8) is 0 Å². The van der Waals surface area contributed by atoms with Gasteiger partial charge in [0.2, 0.25) is 0 Å². The number of H-pyrrole nitrogens is 1. The maximum absolute atomic E-state index is 11.1.